The second-order valence-corrected chi connectivity index (χ2v) is 5.70. The largest absolute Gasteiger partial charge is 0.323 e. The molecule has 0 aliphatic heterocycles. The molecule has 0 bridgehead atoms. The van der Waals surface area contributed by atoms with Gasteiger partial charge in [-0.2, -0.15) is 0 Å². The molecule has 110 valence electrons. The summed E-state index contributed by atoms with van der Waals surface area (Å²) < 4.78 is 0. The van der Waals surface area contributed by atoms with Crippen LogP contribution in [0.1, 0.15) is 0 Å². The van der Waals surface area contributed by atoms with E-state index in [2.05, 4.69) is 15.6 Å². The standard InChI is InChI=1S/C16H12ClN3OS/c17-12-4-6-13(7-5-12)19-16(21)20-14-3-1-2-11(8-14)15-9-22-10-18-15/h1-10H,(H2,19,20,21). The van der Waals surface area contributed by atoms with Gasteiger partial charge in [0.15, 0.2) is 0 Å². The van der Waals surface area contributed by atoms with E-state index in [0.717, 1.165) is 11.3 Å². The number of anilines is 2. The van der Waals surface area contributed by atoms with Crippen LogP contribution in [0, 0.1) is 0 Å². The molecule has 0 radical (unpaired) electrons. The fourth-order valence-electron chi connectivity index (χ4n) is 1.94. The van der Waals surface area contributed by atoms with E-state index in [-0.39, 0.29) is 6.03 Å². The summed E-state index contributed by atoms with van der Waals surface area (Å²) in [6.45, 7) is 0. The molecule has 0 unspecified atom stereocenters. The number of nitrogens with zero attached hydrogens (tertiary/aromatic N) is 1. The maximum atomic E-state index is 12.0. The van der Waals surface area contributed by atoms with E-state index in [0.29, 0.717) is 16.4 Å². The number of halogens is 1. The highest BCUT2D eigenvalue weighted by molar-refractivity contribution is 7.07. The fourth-order valence-corrected chi connectivity index (χ4v) is 2.63. The number of benzene rings is 2. The van der Waals surface area contributed by atoms with Gasteiger partial charge in [-0.3, -0.25) is 0 Å². The molecule has 1 aromatic heterocycles. The van der Waals surface area contributed by atoms with Crippen molar-refractivity contribution in [2.75, 3.05) is 10.6 Å². The smallest absolute Gasteiger partial charge is 0.308 e. The molecule has 0 saturated carbocycles. The van der Waals surface area contributed by atoms with Gasteiger partial charge in [-0.1, -0.05) is 23.7 Å². The summed E-state index contributed by atoms with van der Waals surface area (Å²) in [7, 11) is 0. The Balaban J connectivity index is 1.69. The summed E-state index contributed by atoms with van der Waals surface area (Å²) in [4.78, 5) is 16.3. The van der Waals surface area contributed by atoms with Crippen LogP contribution in [-0.2, 0) is 0 Å². The number of amides is 2. The van der Waals surface area contributed by atoms with Gasteiger partial charge in [-0.05, 0) is 36.4 Å². The Labute approximate surface area is 136 Å². The third kappa shape index (κ3) is 3.63. The summed E-state index contributed by atoms with van der Waals surface area (Å²) in [5.74, 6) is 0. The molecule has 2 N–H and O–H groups in total. The molecular weight excluding hydrogens is 318 g/mol. The molecule has 3 aromatic rings. The topological polar surface area (TPSA) is 54.0 Å². The number of rotatable bonds is 3. The normalized spacial score (nSPS) is 10.2. The second kappa shape index (κ2) is 6.60. The van der Waals surface area contributed by atoms with Gasteiger partial charge in [0, 0.05) is 27.3 Å². The van der Waals surface area contributed by atoms with E-state index >= 15 is 0 Å². The van der Waals surface area contributed by atoms with Crippen LogP contribution in [0.25, 0.3) is 11.3 Å². The fraction of sp³-hybridized carbons (Fsp3) is 0. The highest BCUT2D eigenvalue weighted by atomic mass is 35.5. The van der Waals surface area contributed by atoms with Crippen LogP contribution in [0.3, 0.4) is 0 Å². The summed E-state index contributed by atoms with van der Waals surface area (Å²) in [6.07, 6.45) is 0. The zero-order valence-electron chi connectivity index (χ0n) is 11.4. The molecule has 3 rings (SSSR count). The van der Waals surface area contributed by atoms with Crippen molar-refractivity contribution >= 4 is 40.3 Å². The minimum atomic E-state index is -0.308. The average Bonchev–Trinajstić information content (AvgIpc) is 3.04. The molecule has 0 atom stereocenters. The van der Waals surface area contributed by atoms with Crippen molar-refractivity contribution in [1.82, 2.24) is 4.98 Å². The summed E-state index contributed by atoms with van der Waals surface area (Å²) in [6, 6.07) is 14.2. The Morgan fingerprint density at radius 1 is 1.05 bits per heavy atom. The number of urea groups is 1. The molecule has 0 spiro atoms. The van der Waals surface area contributed by atoms with Gasteiger partial charge in [0.05, 0.1) is 11.2 Å². The Hall–Kier alpha value is -2.37. The summed E-state index contributed by atoms with van der Waals surface area (Å²) in [5.41, 5.74) is 5.02. The third-order valence-corrected chi connectivity index (χ3v) is 3.79. The molecule has 0 saturated heterocycles. The molecule has 2 aromatic carbocycles. The average molecular weight is 330 g/mol. The molecule has 1 heterocycles. The molecule has 6 heteroatoms. The molecular formula is C16H12ClN3OS. The highest BCUT2D eigenvalue weighted by Gasteiger charge is 2.05. The third-order valence-electron chi connectivity index (χ3n) is 2.95. The van der Waals surface area contributed by atoms with Gasteiger partial charge in [-0.25, -0.2) is 9.78 Å². The lowest BCUT2D eigenvalue weighted by Crippen LogP contribution is -2.19. The van der Waals surface area contributed by atoms with E-state index in [1.54, 1.807) is 29.8 Å². The predicted molar refractivity (Wildman–Crippen MR) is 91.6 cm³/mol. The monoisotopic (exact) mass is 329 g/mol. The first-order valence-electron chi connectivity index (χ1n) is 6.53. The molecule has 4 nitrogen and oxygen atoms in total. The Kier molecular flexibility index (Phi) is 4.37. The Morgan fingerprint density at radius 2 is 1.82 bits per heavy atom. The van der Waals surface area contributed by atoms with Crippen molar-refractivity contribution in [2.45, 2.75) is 0 Å². The maximum absolute atomic E-state index is 12.0. The van der Waals surface area contributed by atoms with Crippen LogP contribution in [-0.4, -0.2) is 11.0 Å². The van der Waals surface area contributed by atoms with Gasteiger partial charge >= 0.3 is 6.03 Å². The van der Waals surface area contributed by atoms with Gasteiger partial charge < -0.3 is 10.6 Å². The highest BCUT2D eigenvalue weighted by Crippen LogP contribution is 2.22. The van der Waals surface area contributed by atoms with Crippen molar-refractivity contribution in [3.05, 3.63) is 64.4 Å². The van der Waals surface area contributed by atoms with Crippen LogP contribution >= 0.6 is 22.9 Å². The molecule has 0 fully saturated rings. The van der Waals surface area contributed by atoms with Gasteiger partial charge in [0.2, 0.25) is 0 Å². The number of thiazole rings is 1. The van der Waals surface area contributed by atoms with Crippen molar-refractivity contribution in [3.63, 3.8) is 0 Å². The minimum Gasteiger partial charge on any atom is -0.308 e. The van der Waals surface area contributed by atoms with Gasteiger partial charge in [0.25, 0.3) is 0 Å². The Bertz CT molecular complexity index is 772. The van der Waals surface area contributed by atoms with Crippen molar-refractivity contribution < 1.29 is 4.79 Å². The number of nitrogens with one attached hydrogen (secondary N) is 2. The van der Waals surface area contributed by atoms with Crippen LogP contribution in [0.15, 0.2) is 59.4 Å². The first kappa shape index (κ1) is 14.6. The van der Waals surface area contributed by atoms with E-state index in [1.165, 1.54) is 11.3 Å². The lowest BCUT2D eigenvalue weighted by Gasteiger charge is -2.08. The quantitative estimate of drug-likeness (QED) is 0.701. The lowest BCUT2D eigenvalue weighted by atomic mass is 10.1. The Morgan fingerprint density at radius 3 is 2.55 bits per heavy atom. The predicted octanol–water partition coefficient (Wildman–Crippen LogP) is 5.11. The first-order chi connectivity index (χ1) is 10.7. The van der Waals surface area contributed by atoms with Crippen LogP contribution in [0.4, 0.5) is 16.2 Å². The number of carbonyl (C=O) groups excluding carboxylic acids is 1. The molecule has 22 heavy (non-hydrogen) atoms. The number of hydrogen-bond acceptors (Lipinski definition) is 3. The number of carbonyl (C=O) groups is 1. The van der Waals surface area contributed by atoms with Gasteiger partial charge in [0.1, 0.15) is 0 Å². The minimum absolute atomic E-state index is 0.308. The first-order valence-corrected chi connectivity index (χ1v) is 7.85. The van der Waals surface area contributed by atoms with Gasteiger partial charge in [-0.15, -0.1) is 11.3 Å². The van der Waals surface area contributed by atoms with E-state index < -0.39 is 0 Å². The molecule has 0 aliphatic rings. The van der Waals surface area contributed by atoms with E-state index in [9.17, 15) is 4.79 Å². The molecule has 0 aliphatic carbocycles. The second-order valence-electron chi connectivity index (χ2n) is 4.54. The van der Waals surface area contributed by atoms with Crippen molar-refractivity contribution in [3.8, 4) is 11.3 Å². The zero-order valence-corrected chi connectivity index (χ0v) is 13.0. The van der Waals surface area contributed by atoms with Crippen molar-refractivity contribution in [1.29, 1.82) is 0 Å². The van der Waals surface area contributed by atoms with E-state index in [1.807, 2.05) is 29.6 Å². The molecule has 2 amide bonds. The SMILES string of the molecule is O=C(Nc1ccc(Cl)cc1)Nc1cccc(-c2cscn2)c1. The van der Waals surface area contributed by atoms with Crippen LogP contribution < -0.4 is 10.6 Å². The maximum Gasteiger partial charge on any atom is 0.323 e. The van der Waals surface area contributed by atoms with E-state index in [4.69, 9.17) is 11.6 Å². The van der Waals surface area contributed by atoms with Crippen molar-refractivity contribution in [2.24, 2.45) is 0 Å². The van der Waals surface area contributed by atoms with Crippen LogP contribution in [0.5, 0.6) is 0 Å². The van der Waals surface area contributed by atoms with Crippen LogP contribution in [0.2, 0.25) is 5.02 Å². The summed E-state index contributed by atoms with van der Waals surface area (Å²) >= 11 is 7.35. The summed E-state index contributed by atoms with van der Waals surface area (Å²) in [5, 5.41) is 8.14. The number of hydrogen-bond donors (Lipinski definition) is 2. The number of aromatic nitrogens is 1. The zero-order chi connectivity index (χ0) is 15.4. The lowest BCUT2D eigenvalue weighted by molar-refractivity contribution is 0.262.